The number of nitrogens with two attached hydrogens (primary N) is 1. The highest BCUT2D eigenvalue weighted by atomic mass is 19.1. The van der Waals surface area contributed by atoms with Crippen molar-refractivity contribution in [3.05, 3.63) is 52.1 Å². The van der Waals surface area contributed by atoms with Crippen molar-refractivity contribution in [3.63, 3.8) is 0 Å². The van der Waals surface area contributed by atoms with Gasteiger partial charge in [-0.25, -0.2) is 4.39 Å². The first kappa shape index (κ1) is 22.8. The number of aryl methyl sites for hydroxylation is 1. The third-order valence-corrected chi connectivity index (χ3v) is 5.05. The van der Waals surface area contributed by atoms with Crippen molar-refractivity contribution in [2.24, 2.45) is 12.8 Å². The first-order chi connectivity index (χ1) is 14.0. The second-order valence-electron chi connectivity index (χ2n) is 7.08. The van der Waals surface area contributed by atoms with E-state index in [0.29, 0.717) is 22.5 Å². The van der Waals surface area contributed by atoms with Gasteiger partial charge in [0.15, 0.2) is 0 Å². The number of carbonyl (C=O) groups excluding carboxylic acids is 4. The first-order valence-electron chi connectivity index (χ1n) is 9.37. The lowest BCUT2D eigenvalue weighted by Gasteiger charge is -2.13. The van der Waals surface area contributed by atoms with Crippen LogP contribution in [0.15, 0.2) is 18.2 Å². The number of hydrogen-bond acceptors (Lipinski definition) is 4. The number of nitrogens with zero attached hydrogens (tertiary/aromatic N) is 1. The maximum Gasteiger partial charge on any atom is 0.294 e. The van der Waals surface area contributed by atoms with Crippen molar-refractivity contribution in [1.82, 2.24) is 9.88 Å². The van der Waals surface area contributed by atoms with Crippen LogP contribution in [-0.4, -0.2) is 34.1 Å². The molecule has 160 valence electrons. The smallest absolute Gasteiger partial charge is 0.294 e. The number of benzene rings is 1. The molecule has 0 radical (unpaired) electrons. The maximum atomic E-state index is 13.5. The normalized spacial score (nSPS) is 11.7. The SMILES string of the molecule is CC[C@H](NC(=O)C(=O)c1c(C)c(C(=O)Nc2ccc(F)c(C)c2)c(C)n1C)C(N)=O. The summed E-state index contributed by atoms with van der Waals surface area (Å²) in [5.74, 6) is -3.48. The minimum Gasteiger partial charge on any atom is -0.368 e. The summed E-state index contributed by atoms with van der Waals surface area (Å²) in [4.78, 5) is 49.3. The van der Waals surface area contributed by atoms with E-state index in [1.54, 1.807) is 34.7 Å². The largest absolute Gasteiger partial charge is 0.368 e. The fourth-order valence-corrected chi connectivity index (χ4v) is 3.26. The number of Topliss-reactive ketones (excluding diaryl/α,β-unsaturated/α-hetero) is 1. The van der Waals surface area contributed by atoms with Gasteiger partial charge in [0.1, 0.15) is 11.9 Å². The van der Waals surface area contributed by atoms with Gasteiger partial charge >= 0.3 is 0 Å². The number of amides is 3. The molecule has 1 heterocycles. The Kier molecular flexibility index (Phi) is 6.76. The third-order valence-electron chi connectivity index (χ3n) is 5.05. The third kappa shape index (κ3) is 4.40. The van der Waals surface area contributed by atoms with Crippen LogP contribution in [0.25, 0.3) is 0 Å². The fourth-order valence-electron chi connectivity index (χ4n) is 3.26. The lowest BCUT2D eigenvalue weighted by Crippen LogP contribution is -2.46. The zero-order valence-corrected chi connectivity index (χ0v) is 17.6. The van der Waals surface area contributed by atoms with Crippen LogP contribution in [-0.2, 0) is 16.6 Å². The van der Waals surface area contributed by atoms with Gasteiger partial charge in [0.25, 0.3) is 17.6 Å². The molecule has 2 aromatic rings. The van der Waals surface area contributed by atoms with E-state index >= 15 is 0 Å². The highest BCUT2D eigenvalue weighted by Crippen LogP contribution is 2.24. The minimum atomic E-state index is -0.981. The van der Waals surface area contributed by atoms with E-state index in [1.165, 1.54) is 22.8 Å². The Morgan fingerprint density at radius 3 is 2.33 bits per heavy atom. The second kappa shape index (κ2) is 8.89. The van der Waals surface area contributed by atoms with Crippen molar-refractivity contribution in [2.45, 2.75) is 40.2 Å². The van der Waals surface area contributed by atoms with E-state index in [1.807, 2.05) is 0 Å². The summed E-state index contributed by atoms with van der Waals surface area (Å²) in [5.41, 5.74) is 7.05. The highest BCUT2D eigenvalue weighted by Gasteiger charge is 2.30. The number of halogens is 1. The van der Waals surface area contributed by atoms with Crippen molar-refractivity contribution < 1.29 is 23.6 Å². The summed E-state index contributed by atoms with van der Waals surface area (Å²) in [5, 5.41) is 5.00. The van der Waals surface area contributed by atoms with Gasteiger partial charge in [-0.05, 0) is 56.5 Å². The molecule has 4 N–H and O–H groups in total. The van der Waals surface area contributed by atoms with Crippen LogP contribution in [0.2, 0.25) is 0 Å². The maximum absolute atomic E-state index is 13.5. The molecule has 0 unspecified atom stereocenters. The van der Waals surface area contributed by atoms with Gasteiger partial charge in [0.2, 0.25) is 5.91 Å². The quantitative estimate of drug-likeness (QED) is 0.471. The number of anilines is 1. The molecule has 30 heavy (non-hydrogen) atoms. The molecule has 9 heteroatoms. The number of carbonyl (C=O) groups is 4. The molecule has 0 saturated carbocycles. The molecule has 1 aromatic carbocycles. The number of ketones is 1. The average Bonchev–Trinajstić information content (AvgIpc) is 2.90. The molecule has 3 amide bonds. The number of hydrogen-bond donors (Lipinski definition) is 3. The summed E-state index contributed by atoms with van der Waals surface area (Å²) >= 11 is 0. The van der Waals surface area contributed by atoms with Gasteiger partial charge in [-0.1, -0.05) is 6.92 Å². The summed E-state index contributed by atoms with van der Waals surface area (Å²) in [7, 11) is 1.56. The molecular weight excluding hydrogens is 391 g/mol. The van der Waals surface area contributed by atoms with E-state index in [2.05, 4.69) is 10.6 Å². The lowest BCUT2D eigenvalue weighted by molar-refractivity contribution is -0.125. The molecule has 2 rings (SSSR count). The monoisotopic (exact) mass is 416 g/mol. The average molecular weight is 416 g/mol. The summed E-state index contributed by atoms with van der Waals surface area (Å²) in [6.07, 6.45) is 0.240. The predicted octanol–water partition coefficient (Wildman–Crippen LogP) is 1.90. The van der Waals surface area contributed by atoms with Gasteiger partial charge in [0, 0.05) is 18.4 Å². The van der Waals surface area contributed by atoms with Crippen LogP contribution in [0.3, 0.4) is 0 Å². The minimum absolute atomic E-state index is 0.0322. The predicted molar refractivity (Wildman–Crippen MR) is 110 cm³/mol. The van der Waals surface area contributed by atoms with Gasteiger partial charge in [-0.2, -0.15) is 0 Å². The summed E-state index contributed by atoms with van der Waals surface area (Å²) in [6.45, 7) is 6.43. The van der Waals surface area contributed by atoms with Crippen molar-refractivity contribution in [2.75, 3.05) is 5.32 Å². The molecule has 0 aliphatic rings. The lowest BCUT2D eigenvalue weighted by atomic mass is 10.1. The van der Waals surface area contributed by atoms with Crippen LogP contribution >= 0.6 is 0 Å². The molecule has 0 aliphatic carbocycles. The summed E-state index contributed by atoms with van der Waals surface area (Å²) < 4.78 is 14.9. The molecular formula is C21H25FN4O4. The van der Waals surface area contributed by atoms with Crippen molar-refractivity contribution in [1.29, 1.82) is 0 Å². The number of aromatic nitrogens is 1. The Balaban J connectivity index is 2.34. The Bertz CT molecular complexity index is 1040. The van der Waals surface area contributed by atoms with Gasteiger partial charge in [-0.3, -0.25) is 19.2 Å². The molecule has 1 aromatic heterocycles. The molecule has 8 nitrogen and oxygen atoms in total. The fraction of sp³-hybridized carbons (Fsp3) is 0.333. The molecule has 1 atom stereocenters. The van der Waals surface area contributed by atoms with E-state index < -0.39 is 29.5 Å². The standard InChI is InChI=1S/C21H25FN4O4/c1-6-15(19(23)28)25-21(30)18(27)17-11(3)16(12(4)26(17)5)20(29)24-13-7-8-14(22)10(2)9-13/h7-9,15H,6H2,1-5H3,(H2,23,28)(H,24,29)(H,25,30)/t15-/m0/s1. The highest BCUT2D eigenvalue weighted by molar-refractivity contribution is 6.43. The Morgan fingerprint density at radius 2 is 1.80 bits per heavy atom. The Labute approximate surface area is 173 Å². The zero-order chi connectivity index (χ0) is 22.7. The molecule has 0 aliphatic heterocycles. The van der Waals surface area contributed by atoms with Crippen LogP contribution in [0.1, 0.15) is 51.0 Å². The second-order valence-corrected chi connectivity index (χ2v) is 7.08. The Hall–Kier alpha value is -3.49. The van der Waals surface area contributed by atoms with Gasteiger partial charge in [0.05, 0.1) is 11.3 Å². The number of rotatable bonds is 7. The zero-order valence-electron chi connectivity index (χ0n) is 17.6. The number of primary amides is 1. The van der Waals surface area contributed by atoms with E-state index in [-0.39, 0.29) is 23.5 Å². The van der Waals surface area contributed by atoms with Crippen molar-refractivity contribution >= 4 is 29.2 Å². The molecule has 0 saturated heterocycles. The van der Waals surface area contributed by atoms with E-state index in [9.17, 15) is 23.6 Å². The number of nitrogens with one attached hydrogen (secondary N) is 2. The van der Waals surface area contributed by atoms with Gasteiger partial charge < -0.3 is 20.9 Å². The van der Waals surface area contributed by atoms with Crippen LogP contribution in [0.5, 0.6) is 0 Å². The van der Waals surface area contributed by atoms with E-state index in [0.717, 1.165) is 0 Å². The van der Waals surface area contributed by atoms with Crippen LogP contribution in [0, 0.1) is 26.6 Å². The summed E-state index contributed by atoms with van der Waals surface area (Å²) in [6, 6.07) is 3.21. The van der Waals surface area contributed by atoms with Gasteiger partial charge in [-0.15, -0.1) is 0 Å². The molecule has 0 spiro atoms. The van der Waals surface area contributed by atoms with E-state index in [4.69, 9.17) is 5.73 Å². The van der Waals surface area contributed by atoms with Crippen molar-refractivity contribution in [3.8, 4) is 0 Å². The van der Waals surface area contributed by atoms with Crippen LogP contribution < -0.4 is 16.4 Å². The topological polar surface area (TPSA) is 123 Å². The molecule has 0 bridgehead atoms. The Morgan fingerprint density at radius 1 is 1.17 bits per heavy atom. The van der Waals surface area contributed by atoms with Crippen LogP contribution in [0.4, 0.5) is 10.1 Å². The molecule has 0 fully saturated rings. The first-order valence-corrected chi connectivity index (χ1v) is 9.37.